The van der Waals surface area contributed by atoms with E-state index in [1.54, 1.807) is 0 Å². The number of aromatic amines is 1. The van der Waals surface area contributed by atoms with E-state index in [0.29, 0.717) is 24.2 Å². The van der Waals surface area contributed by atoms with Crippen molar-refractivity contribution in [3.63, 3.8) is 0 Å². The van der Waals surface area contributed by atoms with Crippen molar-refractivity contribution in [3.05, 3.63) is 48.2 Å². The number of hydrogen-bond donors (Lipinski definition) is 3. The third-order valence-corrected chi connectivity index (χ3v) is 7.19. The van der Waals surface area contributed by atoms with Crippen molar-refractivity contribution in [1.82, 2.24) is 9.80 Å². The summed E-state index contributed by atoms with van der Waals surface area (Å²) < 4.78 is 0. The summed E-state index contributed by atoms with van der Waals surface area (Å²) in [5, 5.41) is 13.4. The Morgan fingerprint density at radius 3 is 2.49 bits per heavy atom. The predicted octanol–water partition coefficient (Wildman–Crippen LogP) is 2.08. The number of guanidine groups is 1. The van der Waals surface area contributed by atoms with Crippen LogP contribution in [0.1, 0.15) is 43.0 Å². The Morgan fingerprint density at radius 1 is 1.17 bits per heavy atom. The lowest BCUT2D eigenvalue weighted by Gasteiger charge is -2.36. The highest BCUT2D eigenvalue weighted by Gasteiger charge is 2.30. The summed E-state index contributed by atoms with van der Waals surface area (Å²) in [6.07, 6.45) is 5.23. The normalized spacial score (nSPS) is 19.4. The number of pyridine rings is 1. The lowest BCUT2D eigenvalue weighted by atomic mass is 9.93. The van der Waals surface area contributed by atoms with E-state index in [1.807, 2.05) is 61.5 Å². The number of piperidine rings is 2. The van der Waals surface area contributed by atoms with E-state index in [4.69, 9.17) is 5.73 Å². The highest BCUT2D eigenvalue weighted by molar-refractivity contribution is 5.97. The van der Waals surface area contributed by atoms with Gasteiger partial charge in [0.1, 0.15) is 5.69 Å². The molecule has 3 heterocycles. The fraction of sp³-hybridized carbons (Fsp3) is 0.500. The maximum absolute atomic E-state index is 12.9. The van der Waals surface area contributed by atoms with Gasteiger partial charge in [0.2, 0.25) is 0 Å². The maximum atomic E-state index is 12.9. The summed E-state index contributed by atoms with van der Waals surface area (Å²) in [5.74, 6) is 0.947. The van der Waals surface area contributed by atoms with Gasteiger partial charge in [0.25, 0.3) is 5.91 Å². The minimum Gasteiger partial charge on any atom is -0.390 e. The first-order valence-corrected chi connectivity index (χ1v) is 12.4. The van der Waals surface area contributed by atoms with Crippen LogP contribution in [0.25, 0.3) is 0 Å². The average Bonchev–Trinajstić information content (AvgIpc) is 2.84. The molecule has 0 aliphatic carbocycles. The Kier molecular flexibility index (Phi) is 7.57. The minimum atomic E-state index is -0.617. The minimum absolute atomic E-state index is 0.0387. The second-order valence-electron chi connectivity index (χ2n) is 10.0. The lowest BCUT2D eigenvalue weighted by molar-refractivity contribution is -0.362. The lowest BCUT2D eigenvalue weighted by Crippen LogP contribution is -2.44. The first-order valence-electron chi connectivity index (χ1n) is 12.4. The van der Waals surface area contributed by atoms with E-state index < -0.39 is 5.60 Å². The SMILES string of the molecule is CN1CCC(N(C)C(=O)c2ccc(N/C(N)=N/c3[nH+]cccc3N3CCC(C)(O)CC3)cc2)CC1. The molecule has 4 rings (SSSR count). The van der Waals surface area contributed by atoms with E-state index in [1.165, 1.54) is 0 Å². The third kappa shape index (κ3) is 6.29. The number of amides is 1. The second-order valence-corrected chi connectivity index (χ2v) is 10.0. The summed E-state index contributed by atoms with van der Waals surface area (Å²) in [5.41, 5.74) is 7.97. The number of carbonyl (C=O) groups is 1. The molecule has 0 spiro atoms. The summed E-state index contributed by atoms with van der Waals surface area (Å²) >= 11 is 0. The van der Waals surface area contributed by atoms with E-state index in [0.717, 1.165) is 50.4 Å². The molecule has 5 N–H and O–H groups in total. The Bertz CT molecular complexity index is 1040. The first kappa shape index (κ1) is 24.9. The molecule has 1 aromatic carbocycles. The van der Waals surface area contributed by atoms with Crippen molar-refractivity contribution < 1.29 is 14.9 Å². The number of rotatable bonds is 5. The number of nitrogens with one attached hydrogen (secondary N) is 2. The Balaban J connectivity index is 1.39. The van der Waals surface area contributed by atoms with Crippen LogP contribution in [0.5, 0.6) is 0 Å². The molecule has 2 aliphatic rings. The molecular formula is C26H38N7O2+. The Labute approximate surface area is 207 Å². The number of aromatic nitrogens is 1. The summed E-state index contributed by atoms with van der Waals surface area (Å²) in [6, 6.07) is 11.6. The van der Waals surface area contributed by atoms with Crippen LogP contribution in [0.4, 0.5) is 17.2 Å². The van der Waals surface area contributed by atoms with Crippen molar-refractivity contribution in [2.75, 3.05) is 50.5 Å². The number of hydrogen-bond acceptors (Lipinski definition) is 5. The monoisotopic (exact) mass is 480 g/mol. The molecule has 1 amide bonds. The van der Waals surface area contributed by atoms with Crippen molar-refractivity contribution in [1.29, 1.82) is 0 Å². The number of anilines is 2. The van der Waals surface area contributed by atoms with Gasteiger partial charge in [-0.15, -0.1) is 0 Å². The molecule has 35 heavy (non-hydrogen) atoms. The molecule has 0 radical (unpaired) electrons. The van der Waals surface area contributed by atoms with E-state index >= 15 is 0 Å². The summed E-state index contributed by atoms with van der Waals surface area (Å²) in [4.78, 5) is 27.1. The van der Waals surface area contributed by atoms with Gasteiger partial charge in [0, 0.05) is 37.4 Å². The maximum Gasteiger partial charge on any atom is 0.348 e. The van der Waals surface area contributed by atoms with E-state index in [9.17, 15) is 9.90 Å². The Hall–Kier alpha value is -3.17. The van der Waals surface area contributed by atoms with Crippen LogP contribution in [0.15, 0.2) is 47.6 Å². The van der Waals surface area contributed by atoms with Crippen molar-refractivity contribution in [2.45, 2.75) is 44.2 Å². The van der Waals surface area contributed by atoms with E-state index in [2.05, 4.69) is 32.1 Å². The van der Waals surface area contributed by atoms with Crippen molar-refractivity contribution in [3.8, 4) is 0 Å². The van der Waals surface area contributed by atoms with Crippen LogP contribution in [-0.2, 0) is 0 Å². The number of benzene rings is 1. The molecule has 2 saturated heterocycles. The van der Waals surface area contributed by atoms with Gasteiger partial charge >= 0.3 is 11.8 Å². The molecule has 9 nitrogen and oxygen atoms in total. The summed E-state index contributed by atoms with van der Waals surface area (Å²) in [6.45, 7) is 5.42. The number of aliphatic hydroxyl groups is 1. The molecule has 2 fully saturated rings. The zero-order valence-electron chi connectivity index (χ0n) is 21.0. The molecule has 1 aromatic heterocycles. The van der Waals surface area contributed by atoms with Gasteiger partial charge in [-0.05, 0) is 94.1 Å². The number of H-pyrrole nitrogens is 1. The zero-order valence-corrected chi connectivity index (χ0v) is 21.0. The second kappa shape index (κ2) is 10.6. The average molecular weight is 481 g/mol. The summed E-state index contributed by atoms with van der Waals surface area (Å²) in [7, 11) is 4.01. The predicted molar refractivity (Wildman–Crippen MR) is 139 cm³/mol. The molecule has 2 aliphatic heterocycles. The molecule has 188 valence electrons. The van der Waals surface area contributed by atoms with Gasteiger partial charge in [0.15, 0.2) is 0 Å². The highest BCUT2D eigenvalue weighted by Crippen LogP contribution is 2.30. The number of nitrogens with two attached hydrogens (primary N) is 1. The molecule has 0 unspecified atom stereocenters. The molecule has 9 heteroatoms. The van der Waals surface area contributed by atoms with Crippen LogP contribution < -0.4 is 20.9 Å². The smallest absolute Gasteiger partial charge is 0.348 e. The zero-order chi connectivity index (χ0) is 25.0. The largest absolute Gasteiger partial charge is 0.390 e. The van der Waals surface area contributed by atoms with Gasteiger partial charge in [0.05, 0.1) is 11.8 Å². The van der Waals surface area contributed by atoms with Gasteiger partial charge < -0.3 is 30.9 Å². The fourth-order valence-corrected chi connectivity index (χ4v) is 4.74. The van der Waals surface area contributed by atoms with Gasteiger partial charge in [-0.3, -0.25) is 4.79 Å². The molecule has 2 aromatic rings. The van der Waals surface area contributed by atoms with Crippen LogP contribution in [0.2, 0.25) is 0 Å². The van der Waals surface area contributed by atoms with E-state index in [-0.39, 0.29) is 17.9 Å². The number of aliphatic imine (C=N–C) groups is 1. The molecule has 0 atom stereocenters. The molecule has 0 bridgehead atoms. The van der Waals surface area contributed by atoms with Gasteiger partial charge in [-0.25, -0.2) is 4.98 Å². The van der Waals surface area contributed by atoms with Crippen molar-refractivity contribution >= 4 is 29.1 Å². The quantitative estimate of drug-likeness (QED) is 0.446. The topological polar surface area (TPSA) is 112 Å². The standard InChI is InChI=1S/C26H37N7O2/c1-26(35)12-17-33(18-13-26)22-5-4-14-28-23(22)30-25(27)29-20-8-6-19(7-9-20)24(34)32(3)21-10-15-31(2)16-11-21/h4-9,14,21,35H,10-13,15-18H2,1-3H3,(H3,27,28,29,30)/p+1. The Morgan fingerprint density at radius 2 is 1.83 bits per heavy atom. The number of nitrogens with zero attached hydrogens (tertiary/aromatic N) is 4. The molecule has 0 saturated carbocycles. The molecular weight excluding hydrogens is 442 g/mol. The van der Waals surface area contributed by atoms with Crippen LogP contribution in [0.3, 0.4) is 0 Å². The third-order valence-electron chi connectivity index (χ3n) is 7.19. The van der Waals surface area contributed by atoms with Crippen molar-refractivity contribution in [2.24, 2.45) is 10.7 Å². The van der Waals surface area contributed by atoms with Gasteiger partial charge in [-0.1, -0.05) is 0 Å². The van der Waals surface area contributed by atoms with Crippen LogP contribution >= 0.6 is 0 Å². The number of likely N-dealkylation sites (tertiary alicyclic amines) is 1. The fourth-order valence-electron chi connectivity index (χ4n) is 4.74. The van der Waals surface area contributed by atoms with Crippen LogP contribution in [0, 0.1) is 0 Å². The highest BCUT2D eigenvalue weighted by atomic mass is 16.3. The number of carbonyl (C=O) groups excluding carboxylic acids is 1. The first-order chi connectivity index (χ1) is 16.7. The van der Waals surface area contributed by atoms with Gasteiger partial charge in [-0.2, -0.15) is 0 Å². The van der Waals surface area contributed by atoms with Crippen LogP contribution in [-0.4, -0.2) is 78.7 Å².